The number of rotatable bonds is 4. The van der Waals surface area contributed by atoms with Gasteiger partial charge < -0.3 is 5.32 Å². The van der Waals surface area contributed by atoms with Crippen LogP contribution in [-0.2, 0) is 0 Å². The van der Waals surface area contributed by atoms with Crippen molar-refractivity contribution < 1.29 is 4.39 Å². The van der Waals surface area contributed by atoms with Crippen molar-refractivity contribution >= 4 is 31.9 Å². The average molecular weight is 401 g/mol. The van der Waals surface area contributed by atoms with Gasteiger partial charge in [0, 0.05) is 14.5 Å². The molecule has 0 saturated carbocycles. The largest absolute Gasteiger partial charge is 0.306 e. The maximum absolute atomic E-state index is 14.2. The summed E-state index contributed by atoms with van der Waals surface area (Å²) in [6.07, 6.45) is 0. The summed E-state index contributed by atoms with van der Waals surface area (Å²) in [7, 11) is 0. The molecular formula is C16H16Br2FN. The molecule has 20 heavy (non-hydrogen) atoms. The van der Waals surface area contributed by atoms with Gasteiger partial charge in [0.15, 0.2) is 0 Å². The maximum atomic E-state index is 14.2. The van der Waals surface area contributed by atoms with Crippen LogP contribution in [0.1, 0.15) is 29.7 Å². The fourth-order valence-electron chi connectivity index (χ4n) is 2.25. The Balaban J connectivity index is 2.55. The van der Waals surface area contributed by atoms with E-state index in [1.807, 2.05) is 38.1 Å². The van der Waals surface area contributed by atoms with Crippen LogP contribution in [0.4, 0.5) is 4.39 Å². The third-order valence-electron chi connectivity index (χ3n) is 3.23. The number of nitrogens with one attached hydrogen (secondary N) is 1. The summed E-state index contributed by atoms with van der Waals surface area (Å²) in [5.74, 6) is -0.196. The molecule has 1 N–H and O–H groups in total. The van der Waals surface area contributed by atoms with Gasteiger partial charge >= 0.3 is 0 Å². The third-order valence-corrected chi connectivity index (χ3v) is 4.22. The zero-order chi connectivity index (χ0) is 14.7. The quantitative estimate of drug-likeness (QED) is 0.728. The Morgan fingerprint density at radius 1 is 1.05 bits per heavy atom. The smallest absolute Gasteiger partial charge is 0.128 e. The summed E-state index contributed by atoms with van der Waals surface area (Å²) in [6.45, 7) is 4.83. The number of hydrogen-bond acceptors (Lipinski definition) is 1. The Bertz CT molecular complexity index is 562. The van der Waals surface area contributed by atoms with Crippen LogP contribution in [0.3, 0.4) is 0 Å². The molecule has 0 aliphatic rings. The number of benzene rings is 2. The highest BCUT2D eigenvalue weighted by Gasteiger charge is 2.19. The van der Waals surface area contributed by atoms with E-state index in [1.165, 1.54) is 6.07 Å². The molecule has 0 heterocycles. The molecule has 0 saturated heterocycles. The highest BCUT2D eigenvalue weighted by atomic mass is 79.9. The second kappa shape index (κ2) is 6.83. The molecule has 106 valence electrons. The Morgan fingerprint density at radius 2 is 1.65 bits per heavy atom. The van der Waals surface area contributed by atoms with Gasteiger partial charge in [-0.25, -0.2) is 4.39 Å². The van der Waals surface area contributed by atoms with E-state index in [0.717, 1.165) is 26.6 Å². The molecule has 0 fully saturated rings. The molecule has 0 aliphatic carbocycles. The van der Waals surface area contributed by atoms with Crippen LogP contribution in [0.15, 0.2) is 45.3 Å². The highest BCUT2D eigenvalue weighted by molar-refractivity contribution is 9.10. The van der Waals surface area contributed by atoms with Gasteiger partial charge in [-0.1, -0.05) is 44.8 Å². The molecule has 1 nitrogen and oxygen atoms in total. The SMILES string of the molecule is CCNC(c1cc(Br)ccc1C)c1cc(Br)ccc1F. The molecule has 2 rings (SSSR count). The van der Waals surface area contributed by atoms with E-state index in [2.05, 4.69) is 37.2 Å². The van der Waals surface area contributed by atoms with Gasteiger partial charge in [0.05, 0.1) is 6.04 Å². The molecule has 2 aromatic carbocycles. The minimum Gasteiger partial charge on any atom is -0.306 e. The van der Waals surface area contributed by atoms with E-state index in [4.69, 9.17) is 0 Å². The lowest BCUT2D eigenvalue weighted by Gasteiger charge is -2.22. The zero-order valence-corrected chi connectivity index (χ0v) is 14.6. The van der Waals surface area contributed by atoms with Crippen molar-refractivity contribution in [2.75, 3.05) is 6.54 Å². The Kier molecular flexibility index (Phi) is 5.35. The average Bonchev–Trinajstić information content (AvgIpc) is 2.42. The van der Waals surface area contributed by atoms with Crippen LogP contribution in [0.5, 0.6) is 0 Å². The van der Waals surface area contributed by atoms with Crippen molar-refractivity contribution in [1.82, 2.24) is 5.32 Å². The van der Waals surface area contributed by atoms with Gasteiger partial charge in [0.2, 0.25) is 0 Å². The van der Waals surface area contributed by atoms with Crippen LogP contribution in [0, 0.1) is 12.7 Å². The van der Waals surface area contributed by atoms with E-state index in [9.17, 15) is 4.39 Å². The van der Waals surface area contributed by atoms with Crippen molar-refractivity contribution in [3.8, 4) is 0 Å². The van der Waals surface area contributed by atoms with Crippen molar-refractivity contribution in [1.29, 1.82) is 0 Å². The summed E-state index contributed by atoms with van der Waals surface area (Å²) >= 11 is 6.91. The van der Waals surface area contributed by atoms with E-state index in [-0.39, 0.29) is 11.9 Å². The second-order valence-corrected chi connectivity index (χ2v) is 6.49. The normalized spacial score (nSPS) is 12.4. The van der Waals surface area contributed by atoms with Gasteiger partial charge in [0.1, 0.15) is 5.82 Å². The second-order valence-electron chi connectivity index (χ2n) is 4.66. The summed E-state index contributed by atoms with van der Waals surface area (Å²) < 4.78 is 16.1. The van der Waals surface area contributed by atoms with Crippen LogP contribution < -0.4 is 5.32 Å². The predicted molar refractivity (Wildman–Crippen MR) is 88.5 cm³/mol. The highest BCUT2D eigenvalue weighted by Crippen LogP contribution is 2.30. The van der Waals surface area contributed by atoms with Gasteiger partial charge in [-0.3, -0.25) is 0 Å². The van der Waals surface area contributed by atoms with Crippen molar-refractivity contribution in [3.05, 3.63) is 67.9 Å². The first-order chi connectivity index (χ1) is 9.52. The first kappa shape index (κ1) is 15.7. The number of hydrogen-bond donors (Lipinski definition) is 1. The minimum atomic E-state index is -0.196. The fourth-order valence-corrected chi connectivity index (χ4v) is 3.01. The van der Waals surface area contributed by atoms with E-state index >= 15 is 0 Å². The monoisotopic (exact) mass is 399 g/mol. The molecule has 1 unspecified atom stereocenters. The molecule has 0 bridgehead atoms. The van der Waals surface area contributed by atoms with Gasteiger partial charge in [-0.15, -0.1) is 0 Å². The lowest BCUT2D eigenvalue weighted by Crippen LogP contribution is -2.23. The maximum Gasteiger partial charge on any atom is 0.128 e. The Morgan fingerprint density at radius 3 is 2.30 bits per heavy atom. The summed E-state index contributed by atoms with van der Waals surface area (Å²) in [5.41, 5.74) is 2.87. The van der Waals surface area contributed by atoms with E-state index < -0.39 is 0 Å². The molecule has 0 spiro atoms. The van der Waals surface area contributed by atoms with Crippen molar-refractivity contribution in [2.45, 2.75) is 19.9 Å². The Hall–Kier alpha value is -0.710. The van der Waals surface area contributed by atoms with Crippen molar-refractivity contribution in [2.24, 2.45) is 0 Å². The van der Waals surface area contributed by atoms with Crippen LogP contribution >= 0.6 is 31.9 Å². The van der Waals surface area contributed by atoms with Crippen molar-refractivity contribution in [3.63, 3.8) is 0 Å². The Labute approximate surface area is 135 Å². The molecule has 0 aliphatic heterocycles. The molecular weight excluding hydrogens is 385 g/mol. The number of halogens is 3. The lowest BCUT2D eigenvalue weighted by molar-refractivity contribution is 0.557. The number of aryl methyl sites for hydroxylation is 1. The fraction of sp³-hybridized carbons (Fsp3) is 0.250. The molecule has 4 heteroatoms. The molecule has 2 aromatic rings. The first-order valence-corrected chi connectivity index (χ1v) is 8.06. The zero-order valence-electron chi connectivity index (χ0n) is 11.4. The topological polar surface area (TPSA) is 12.0 Å². The van der Waals surface area contributed by atoms with Gasteiger partial charge in [0.25, 0.3) is 0 Å². The summed E-state index contributed by atoms with van der Waals surface area (Å²) in [5, 5.41) is 3.37. The summed E-state index contributed by atoms with van der Waals surface area (Å²) in [6, 6.07) is 11.0. The first-order valence-electron chi connectivity index (χ1n) is 6.47. The molecule has 0 radical (unpaired) electrons. The third kappa shape index (κ3) is 3.48. The molecule has 0 amide bonds. The lowest BCUT2D eigenvalue weighted by atomic mass is 9.94. The van der Waals surface area contributed by atoms with Crippen LogP contribution in [-0.4, -0.2) is 6.54 Å². The van der Waals surface area contributed by atoms with E-state index in [0.29, 0.717) is 5.56 Å². The van der Waals surface area contributed by atoms with Gasteiger partial charge in [-0.2, -0.15) is 0 Å². The van der Waals surface area contributed by atoms with Gasteiger partial charge in [-0.05, 0) is 54.9 Å². The van der Waals surface area contributed by atoms with Crippen LogP contribution in [0.2, 0.25) is 0 Å². The summed E-state index contributed by atoms with van der Waals surface area (Å²) in [4.78, 5) is 0. The van der Waals surface area contributed by atoms with E-state index in [1.54, 1.807) is 6.07 Å². The van der Waals surface area contributed by atoms with Crippen LogP contribution in [0.25, 0.3) is 0 Å². The minimum absolute atomic E-state index is 0.157. The predicted octanol–water partition coefficient (Wildman–Crippen LogP) is 5.36. The molecule has 0 aromatic heterocycles. The molecule has 1 atom stereocenters. The standard InChI is InChI=1S/C16H16Br2FN/c1-3-20-16(13-8-11(17)5-4-10(13)2)14-9-12(18)6-7-15(14)19/h4-9,16,20H,3H2,1-2H3.